The number of carbonyl (C=O) groups is 2. The first-order chi connectivity index (χ1) is 22.2. The molecular formula is C33H32F6N4O4. The highest BCUT2D eigenvalue weighted by Crippen LogP contribution is 2.32. The van der Waals surface area contributed by atoms with Crippen molar-refractivity contribution >= 4 is 17.7 Å². The van der Waals surface area contributed by atoms with Crippen LogP contribution >= 0.6 is 0 Å². The van der Waals surface area contributed by atoms with Gasteiger partial charge in [-0.15, -0.1) is 0 Å². The normalized spacial score (nSPS) is 16.3. The number of nitrogens with zero attached hydrogens (tertiary/aromatic N) is 2. The Morgan fingerprint density at radius 2 is 1.64 bits per heavy atom. The van der Waals surface area contributed by atoms with Gasteiger partial charge in [0.2, 0.25) is 0 Å². The Bertz CT molecular complexity index is 1620. The van der Waals surface area contributed by atoms with E-state index in [1.54, 1.807) is 0 Å². The first kappa shape index (κ1) is 35.0. The molecule has 1 heterocycles. The maximum Gasteiger partial charge on any atom is 0.431 e. The number of benzene rings is 3. The number of aliphatic imine (C=N–C) groups is 1. The number of amidine groups is 1. The summed E-state index contributed by atoms with van der Waals surface area (Å²) >= 11 is 0. The number of nitrogens with one attached hydrogen (secondary N) is 1. The van der Waals surface area contributed by atoms with Crippen LogP contribution in [0, 0.1) is 0 Å². The Balaban J connectivity index is 1.66. The molecule has 3 aromatic carbocycles. The number of rotatable bonds is 11. The molecular weight excluding hydrogens is 630 g/mol. The molecule has 3 N–H and O–H groups in total. The molecule has 1 aliphatic heterocycles. The standard InChI is InChI=1S/C33H32F6N4O4/c1-20(23-11-13-24(14-12-23)31(45)46-2)41-30(44)27(28(40)33(37,38)39)29-42-26(19-47-18-21-7-4-3-5-8-21)17-43(29)16-22-9-6-10-25(15-22)32(34,35)36/h3-15,20,26H,16-19,40H2,1-2H3,(H,41,44). The van der Waals surface area contributed by atoms with Gasteiger partial charge in [-0.3, -0.25) is 9.79 Å². The van der Waals surface area contributed by atoms with Gasteiger partial charge < -0.3 is 25.4 Å². The summed E-state index contributed by atoms with van der Waals surface area (Å²) in [6.45, 7) is 1.28. The van der Waals surface area contributed by atoms with Crippen molar-refractivity contribution in [2.24, 2.45) is 10.7 Å². The smallest absolute Gasteiger partial charge is 0.431 e. The molecule has 0 radical (unpaired) electrons. The van der Waals surface area contributed by atoms with Crippen molar-refractivity contribution in [2.75, 3.05) is 20.3 Å². The van der Waals surface area contributed by atoms with E-state index in [4.69, 9.17) is 10.5 Å². The molecule has 0 spiro atoms. The lowest BCUT2D eigenvalue weighted by Crippen LogP contribution is -2.41. The summed E-state index contributed by atoms with van der Waals surface area (Å²) in [5.74, 6) is -2.24. The lowest BCUT2D eigenvalue weighted by molar-refractivity contribution is -0.137. The fourth-order valence-corrected chi connectivity index (χ4v) is 4.91. The van der Waals surface area contributed by atoms with E-state index < -0.39 is 59.0 Å². The van der Waals surface area contributed by atoms with Crippen LogP contribution in [0.5, 0.6) is 0 Å². The summed E-state index contributed by atoms with van der Waals surface area (Å²) in [5.41, 5.74) is 3.58. The number of ether oxygens (including phenoxy) is 2. The van der Waals surface area contributed by atoms with Crippen LogP contribution in [0.1, 0.15) is 45.6 Å². The van der Waals surface area contributed by atoms with E-state index in [-0.39, 0.29) is 37.4 Å². The predicted octanol–water partition coefficient (Wildman–Crippen LogP) is 5.94. The maximum absolute atomic E-state index is 14.1. The number of nitrogens with two attached hydrogens (primary N) is 1. The fraction of sp³-hybridized carbons (Fsp3) is 0.303. The molecule has 4 rings (SSSR count). The quantitative estimate of drug-likeness (QED) is 0.150. The number of carbonyl (C=O) groups excluding carboxylic acids is 2. The van der Waals surface area contributed by atoms with Crippen LogP contribution in [0.25, 0.3) is 0 Å². The Morgan fingerprint density at radius 3 is 2.26 bits per heavy atom. The number of hydrogen-bond acceptors (Lipinski definition) is 7. The summed E-state index contributed by atoms with van der Waals surface area (Å²) in [6, 6.07) is 17.7. The third kappa shape index (κ3) is 9.12. The van der Waals surface area contributed by atoms with Gasteiger partial charge in [0, 0.05) is 13.1 Å². The van der Waals surface area contributed by atoms with Gasteiger partial charge in [0.15, 0.2) is 0 Å². The average Bonchev–Trinajstić information content (AvgIpc) is 3.41. The molecule has 0 aromatic heterocycles. The summed E-state index contributed by atoms with van der Waals surface area (Å²) in [5, 5.41) is 2.50. The first-order valence-corrected chi connectivity index (χ1v) is 14.3. The Morgan fingerprint density at radius 1 is 0.979 bits per heavy atom. The van der Waals surface area contributed by atoms with Gasteiger partial charge in [-0.05, 0) is 47.9 Å². The minimum absolute atomic E-state index is 0.0543. The van der Waals surface area contributed by atoms with Crippen molar-refractivity contribution in [1.82, 2.24) is 10.2 Å². The van der Waals surface area contributed by atoms with Crippen LogP contribution in [0.2, 0.25) is 0 Å². The van der Waals surface area contributed by atoms with E-state index in [1.165, 1.54) is 55.3 Å². The number of halogens is 6. The summed E-state index contributed by atoms with van der Waals surface area (Å²) in [6.07, 6.45) is -9.80. The van der Waals surface area contributed by atoms with Crippen molar-refractivity contribution in [1.29, 1.82) is 0 Å². The molecule has 2 unspecified atom stereocenters. The molecule has 0 saturated heterocycles. The number of allylic oxidation sites excluding steroid dienone is 1. The highest BCUT2D eigenvalue weighted by molar-refractivity contribution is 6.21. The molecule has 2 atom stereocenters. The molecule has 47 heavy (non-hydrogen) atoms. The number of esters is 1. The third-order valence-electron chi connectivity index (χ3n) is 7.29. The minimum atomic E-state index is -5.15. The molecule has 0 fully saturated rings. The Kier molecular flexibility index (Phi) is 11.0. The van der Waals surface area contributed by atoms with Crippen molar-refractivity contribution in [3.63, 3.8) is 0 Å². The zero-order valence-corrected chi connectivity index (χ0v) is 25.4. The third-order valence-corrected chi connectivity index (χ3v) is 7.29. The molecule has 0 aliphatic carbocycles. The second kappa shape index (κ2) is 14.7. The number of hydrogen-bond donors (Lipinski definition) is 2. The molecule has 0 bridgehead atoms. The van der Waals surface area contributed by atoms with Crippen LogP contribution in [-0.2, 0) is 33.6 Å². The SMILES string of the molecule is COC(=O)c1ccc(C(C)NC(=O)C(C2=NC(COCc3ccccc3)CN2Cc2cccc(C(F)(F)F)c2)=C(N)C(F)(F)F)cc1. The molecule has 0 saturated carbocycles. The number of alkyl halides is 6. The molecule has 8 nitrogen and oxygen atoms in total. The Labute approximate surface area is 266 Å². The van der Waals surface area contributed by atoms with E-state index in [9.17, 15) is 35.9 Å². The van der Waals surface area contributed by atoms with E-state index >= 15 is 0 Å². The van der Waals surface area contributed by atoms with E-state index in [2.05, 4.69) is 15.0 Å². The summed E-state index contributed by atoms with van der Waals surface area (Å²) in [4.78, 5) is 31.0. The van der Waals surface area contributed by atoms with Crippen LogP contribution in [-0.4, -0.2) is 55.1 Å². The molecule has 14 heteroatoms. The lowest BCUT2D eigenvalue weighted by Gasteiger charge is -2.25. The second-order valence-electron chi connectivity index (χ2n) is 10.8. The molecule has 1 amide bonds. The number of methoxy groups -OCH3 is 1. The average molecular weight is 663 g/mol. The van der Waals surface area contributed by atoms with Gasteiger partial charge >= 0.3 is 18.3 Å². The van der Waals surface area contributed by atoms with Gasteiger partial charge in [-0.25, -0.2) is 4.79 Å². The van der Waals surface area contributed by atoms with Crippen molar-refractivity contribution in [3.05, 3.63) is 118 Å². The van der Waals surface area contributed by atoms with E-state index in [0.29, 0.717) is 5.56 Å². The zero-order chi connectivity index (χ0) is 34.4. The largest absolute Gasteiger partial charge is 0.465 e. The van der Waals surface area contributed by atoms with Crippen molar-refractivity contribution < 1.29 is 45.4 Å². The summed E-state index contributed by atoms with van der Waals surface area (Å²) in [7, 11) is 1.21. The minimum Gasteiger partial charge on any atom is -0.465 e. The highest BCUT2D eigenvalue weighted by atomic mass is 19.4. The van der Waals surface area contributed by atoms with Crippen molar-refractivity contribution in [2.45, 2.75) is 44.5 Å². The van der Waals surface area contributed by atoms with Crippen molar-refractivity contribution in [3.8, 4) is 0 Å². The predicted molar refractivity (Wildman–Crippen MR) is 161 cm³/mol. The van der Waals surface area contributed by atoms with Gasteiger partial charge in [0.1, 0.15) is 17.1 Å². The van der Waals surface area contributed by atoms with Crippen LogP contribution in [0.15, 0.2) is 95.1 Å². The molecule has 250 valence electrons. The second-order valence-corrected chi connectivity index (χ2v) is 10.8. The van der Waals surface area contributed by atoms with Gasteiger partial charge in [0.05, 0.1) is 43.5 Å². The molecule has 1 aliphatic rings. The lowest BCUT2D eigenvalue weighted by atomic mass is 10.0. The zero-order valence-electron chi connectivity index (χ0n) is 25.4. The van der Waals surface area contributed by atoms with E-state index in [1.807, 2.05) is 30.3 Å². The fourth-order valence-electron chi connectivity index (χ4n) is 4.91. The van der Waals surface area contributed by atoms with E-state index in [0.717, 1.165) is 17.7 Å². The topological polar surface area (TPSA) is 106 Å². The Hall–Kier alpha value is -4.85. The van der Waals surface area contributed by atoms with Crippen LogP contribution < -0.4 is 11.1 Å². The maximum atomic E-state index is 14.1. The molecule has 3 aromatic rings. The van der Waals surface area contributed by atoms with Gasteiger partial charge in [-0.2, -0.15) is 26.3 Å². The number of amides is 1. The van der Waals surface area contributed by atoms with Gasteiger partial charge in [0.25, 0.3) is 5.91 Å². The first-order valence-electron chi connectivity index (χ1n) is 14.3. The van der Waals surface area contributed by atoms with Crippen LogP contribution in [0.4, 0.5) is 26.3 Å². The summed E-state index contributed by atoms with van der Waals surface area (Å²) < 4.78 is 93.1. The monoisotopic (exact) mass is 662 g/mol. The van der Waals surface area contributed by atoms with Gasteiger partial charge in [-0.1, -0.05) is 54.6 Å². The van der Waals surface area contributed by atoms with Crippen LogP contribution in [0.3, 0.4) is 0 Å². The highest BCUT2D eigenvalue weighted by Gasteiger charge is 2.41.